The van der Waals surface area contributed by atoms with Crippen molar-refractivity contribution in [2.45, 2.75) is 24.7 Å². The molecule has 0 saturated carbocycles. The maximum absolute atomic E-state index is 13.2. The summed E-state index contributed by atoms with van der Waals surface area (Å²) in [6.45, 7) is 0. The lowest BCUT2D eigenvalue weighted by Crippen LogP contribution is -2.29. The summed E-state index contributed by atoms with van der Waals surface area (Å²) < 4.78 is 61.2. The van der Waals surface area contributed by atoms with Crippen LogP contribution in [-0.4, -0.2) is 21.6 Å². The fraction of sp³-hybridized carbons (Fsp3) is 0.400. The van der Waals surface area contributed by atoms with Gasteiger partial charge in [-0.15, -0.1) is 0 Å². The zero-order chi connectivity index (χ0) is 14.0. The Labute approximate surface area is 101 Å². The highest BCUT2D eigenvalue weighted by Gasteiger charge is 2.50. The molecule has 0 fully saturated rings. The number of hydrogen-bond acceptors (Lipinski definition) is 1. The third kappa shape index (κ3) is 4.08. The highest BCUT2D eigenvalue weighted by molar-refractivity contribution is 7.52. The normalized spacial score (nSPS) is 14.6. The molecule has 0 bridgehead atoms. The van der Waals surface area contributed by atoms with E-state index in [1.54, 1.807) is 0 Å². The quantitative estimate of drug-likeness (QED) is 0.661. The van der Waals surface area contributed by atoms with E-state index in [0.717, 1.165) is 6.07 Å². The Bertz CT molecular complexity index is 455. The minimum absolute atomic E-state index is 0.000185. The summed E-state index contributed by atoms with van der Waals surface area (Å²) >= 11 is 0. The fourth-order valence-corrected chi connectivity index (χ4v) is 2.36. The Morgan fingerprint density at radius 3 is 2.22 bits per heavy atom. The summed E-state index contributed by atoms with van der Waals surface area (Å²) in [4.78, 5) is 17.3. The molecule has 0 spiro atoms. The Hall–Kier alpha value is -0.910. The van der Waals surface area contributed by atoms with E-state index in [4.69, 9.17) is 9.79 Å². The lowest BCUT2D eigenvalue weighted by Gasteiger charge is -2.21. The zero-order valence-electron chi connectivity index (χ0n) is 9.06. The minimum Gasteiger partial charge on any atom is -0.324 e. The van der Waals surface area contributed by atoms with Crippen molar-refractivity contribution in [1.29, 1.82) is 0 Å². The van der Waals surface area contributed by atoms with Crippen LogP contribution in [0.2, 0.25) is 0 Å². The molecule has 0 radical (unpaired) electrons. The van der Waals surface area contributed by atoms with Gasteiger partial charge < -0.3 is 9.79 Å². The maximum Gasteiger partial charge on any atom is 0.403 e. The lowest BCUT2D eigenvalue weighted by atomic mass is 10.1. The monoisotopic (exact) mass is 286 g/mol. The predicted octanol–water partition coefficient (Wildman–Crippen LogP) is 2.87. The van der Waals surface area contributed by atoms with Crippen LogP contribution in [0.1, 0.15) is 12.0 Å². The summed E-state index contributed by atoms with van der Waals surface area (Å²) in [5, 5.41) is 0. The van der Waals surface area contributed by atoms with Crippen molar-refractivity contribution in [3.05, 3.63) is 35.6 Å². The molecule has 0 aromatic heterocycles. The van der Waals surface area contributed by atoms with Crippen LogP contribution in [0.3, 0.4) is 0 Å². The SMILES string of the molecule is O=P(O)(O)C(CCc1ccccc1F)C(F)(F)F. The van der Waals surface area contributed by atoms with Gasteiger partial charge in [0.2, 0.25) is 0 Å². The van der Waals surface area contributed by atoms with Crippen molar-refractivity contribution in [3.8, 4) is 0 Å². The van der Waals surface area contributed by atoms with Gasteiger partial charge >= 0.3 is 13.8 Å². The Kier molecular flexibility index (Phi) is 4.53. The Morgan fingerprint density at radius 2 is 1.78 bits per heavy atom. The van der Waals surface area contributed by atoms with Crippen LogP contribution < -0.4 is 0 Å². The number of rotatable bonds is 4. The van der Waals surface area contributed by atoms with Crippen molar-refractivity contribution < 1.29 is 31.9 Å². The first kappa shape index (κ1) is 15.1. The molecule has 1 atom stereocenters. The van der Waals surface area contributed by atoms with Crippen molar-refractivity contribution in [2.75, 3.05) is 0 Å². The summed E-state index contributed by atoms with van der Waals surface area (Å²) in [5.41, 5.74) is -2.76. The molecular weight excluding hydrogens is 275 g/mol. The van der Waals surface area contributed by atoms with Crippen molar-refractivity contribution in [3.63, 3.8) is 0 Å². The van der Waals surface area contributed by atoms with Gasteiger partial charge in [-0.25, -0.2) is 4.39 Å². The maximum atomic E-state index is 13.2. The molecule has 2 N–H and O–H groups in total. The standard InChI is InChI=1S/C10H11F4O3P/c11-8-4-2-1-3-7(8)5-6-9(10(12,13)14)18(15,16)17/h1-4,9H,5-6H2,(H2,15,16,17). The smallest absolute Gasteiger partial charge is 0.324 e. The third-order valence-corrected chi connectivity index (χ3v) is 3.79. The number of alkyl halides is 3. The second-order valence-corrected chi connectivity index (χ2v) is 5.58. The van der Waals surface area contributed by atoms with Gasteiger partial charge in [0.15, 0.2) is 5.66 Å². The van der Waals surface area contributed by atoms with Gasteiger partial charge in [-0.1, -0.05) is 18.2 Å². The molecule has 0 saturated heterocycles. The molecule has 18 heavy (non-hydrogen) atoms. The van der Waals surface area contributed by atoms with E-state index in [1.807, 2.05) is 0 Å². The minimum atomic E-state index is -5.30. The summed E-state index contributed by atoms with van der Waals surface area (Å²) in [6.07, 6.45) is -6.25. The van der Waals surface area contributed by atoms with E-state index in [0.29, 0.717) is 0 Å². The molecule has 0 heterocycles. The van der Waals surface area contributed by atoms with E-state index < -0.39 is 31.7 Å². The summed E-state index contributed by atoms with van der Waals surface area (Å²) in [7, 11) is -5.30. The number of benzene rings is 1. The first-order chi connectivity index (χ1) is 8.12. The van der Waals surface area contributed by atoms with E-state index in [-0.39, 0.29) is 12.0 Å². The van der Waals surface area contributed by atoms with Gasteiger partial charge in [-0.3, -0.25) is 4.57 Å². The Morgan fingerprint density at radius 1 is 1.22 bits per heavy atom. The molecule has 0 aliphatic heterocycles. The van der Waals surface area contributed by atoms with Crippen molar-refractivity contribution >= 4 is 7.60 Å². The van der Waals surface area contributed by atoms with Crippen LogP contribution in [0.15, 0.2) is 24.3 Å². The van der Waals surface area contributed by atoms with Gasteiger partial charge in [0, 0.05) is 0 Å². The van der Waals surface area contributed by atoms with Crippen LogP contribution in [0, 0.1) is 5.82 Å². The van der Waals surface area contributed by atoms with Gasteiger partial charge in [-0.2, -0.15) is 13.2 Å². The van der Waals surface area contributed by atoms with Crippen LogP contribution in [0.5, 0.6) is 0 Å². The fourth-order valence-electron chi connectivity index (χ4n) is 1.52. The number of halogens is 4. The number of hydrogen-bond donors (Lipinski definition) is 2. The first-order valence-electron chi connectivity index (χ1n) is 4.97. The average molecular weight is 286 g/mol. The zero-order valence-corrected chi connectivity index (χ0v) is 9.96. The van der Waals surface area contributed by atoms with Gasteiger partial charge in [0.1, 0.15) is 5.82 Å². The summed E-state index contributed by atoms with van der Waals surface area (Å²) in [6, 6.07) is 5.18. The first-order valence-corrected chi connectivity index (χ1v) is 6.66. The van der Waals surface area contributed by atoms with Crippen LogP contribution in [0.4, 0.5) is 17.6 Å². The van der Waals surface area contributed by atoms with Crippen LogP contribution >= 0.6 is 7.60 Å². The topological polar surface area (TPSA) is 57.5 Å². The molecule has 1 unspecified atom stereocenters. The second-order valence-electron chi connectivity index (χ2n) is 3.78. The van der Waals surface area contributed by atoms with Crippen molar-refractivity contribution in [2.24, 2.45) is 0 Å². The molecule has 0 amide bonds. The third-order valence-electron chi connectivity index (χ3n) is 2.43. The highest BCUT2D eigenvalue weighted by Crippen LogP contribution is 2.51. The second kappa shape index (κ2) is 5.38. The van der Waals surface area contributed by atoms with Crippen molar-refractivity contribution in [1.82, 2.24) is 0 Å². The van der Waals surface area contributed by atoms with E-state index in [1.165, 1.54) is 18.2 Å². The molecule has 8 heteroatoms. The molecule has 0 aliphatic rings. The molecule has 1 rings (SSSR count). The van der Waals surface area contributed by atoms with Crippen LogP contribution in [-0.2, 0) is 11.0 Å². The molecule has 3 nitrogen and oxygen atoms in total. The van der Waals surface area contributed by atoms with Gasteiger partial charge in [0.05, 0.1) is 0 Å². The van der Waals surface area contributed by atoms with E-state index >= 15 is 0 Å². The number of aryl methyl sites for hydroxylation is 1. The van der Waals surface area contributed by atoms with Crippen LogP contribution in [0.25, 0.3) is 0 Å². The predicted molar refractivity (Wildman–Crippen MR) is 56.6 cm³/mol. The highest BCUT2D eigenvalue weighted by atomic mass is 31.2. The largest absolute Gasteiger partial charge is 0.403 e. The molecular formula is C10H11F4O3P. The van der Waals surface area contributed by atoms with Gasteiger partial charge in [-0.05, 0) is 24.5 Å². The summed E-state index contributed by atoms with van der Waals surface area (Å²) in [5.74, 6) is -0.691. The van der Waals surface area contributed by atoms with Gasteiger partial charge in [0.25, 0.3) is 0 Å². The molecule has 1 aromatic rings. The molecule has 0 aliphatic carbocycles. The van der Waals surface area contributed by atoms with E-state index in [9.17, 15) is 22.1 Å². The Balaban J connectivity index is 2.82. The molecule has 102 valence electrons. The molecule has 1 aromatic carbocycles. The van der Waals surface area contributed by atoms with E-state index in [2.05, 4.69) is 0 Å². The average Bonchev–Trinajstić information content (AvgIpc) is 2.17. The lowest BCUT2D eigenvalue weighted by molar-refractivity contribution is -0.135.